The van der Waals surface area contributed by atoms with Crippen LogP contribution >= 0.6 is 0 Å². The molecule has 0 saturated carbocycles. The summed E-state index contributed by atoms with van der Waals surface area (Å²) < 4.78 is 3.87. The highest BCUT2D eigenvalue weighted by molar-refractivity contribution is 5.88. The fourth-order valence-corrected chi connectivity index (χ4v) is 3.22. The van der Waals surface area contributed by atoms with Gasteiger partial charge >= 0.3 is 11.7 Å². The quantitative estimate of drug-likeness (QED) is 0.728. The molecule has 0 unspecified atom stereocenters. The molecule has 0 aliphatic rings. The Morgan fingerprint density at radius 1 is 1.00 bits per heavy atom. The van der Waals surface area contributed by atoms with Crippen LogP contribution in [0.25, 0.3) is 16.9 Å². The molecule has 0 saturated heterocycles. The molecule has 24 heavy (non-hydrogen) atoms. The van der Waals surface area contributed by atoms with E-state index in [-0.39, 0.29) is 0 Å². The predicted octanol–water partition coefficient (Wildman–Crippen LogP) is 3.71. The van der Waals surface area contributed by atoms with Gasteiger partial charge in [-0.1, -0.05) is 60.1 Å². The van der Waals surface area contributed by atoms with Crippen molar-refractivity contribution < 1.29 is 14.6 Å². The third-order valence-electron chi connectivity index (χ3n) is 4.19. The molecule has 0 fully saturated rings. The fraction of sp³-hybridized carbons (Fsp3) is 0.200. The number of nitrogens with zero attached hydrogens (tertiary/aromatic N) is 2. The van der Waals surface area contributed by atoms with Gasteiger partial charge in [-0.2, -0.15) is 0 Å². The first-order valence-electron chi connectivity index (χ1n) is 8.20. The van der Waals surface area contributed by atoms with Crippen LogP contribution in [0.5, 0.6) is 0 Å². The molecule has 3 rings (SSSR count). The maximum absolute atomic E-state index is 12.0. The van der Waals surface area contributed by atoms with Crippen molar-refractivity contribution in [1.82, 2.24) is 4.68 Å². The number of hydrogen-bond donors (Lipinski definition) is 1. The molecule has 1 aromatic heterocycles. The van der Waals surface area contributed by atoms with Gasteiger partial charge in [-0.15, -0.1) is 4.68 Å². The number of carboxylic acids is 1. The van der Waals surface area contributed by atoms with Crippen LogP contribution in [-0.4, -0.2) is 15.8 Å². The molecular formula is C20H21N2O2+. The van der Waals surface area contributed by atoms with Crippen molar-refractivity contribution in [2.45, 2.75) is 26.8 Å². The minimum Gasteiger partial charge on any atom is -0.473 e. The van der Waals surface area contributed by atoms with Gasteiger partial charge in [0.1, 0.15) is 11.4 Å². The average molecular weight is 321 g/mol. The monoisotopic (exact) mass is 321 g/mol. The number of aromatic carboxylic acids is 1. The second-order valence-electron chi connectivity index (χ2n) is 5.56. The maximum atomic E-state index is 12.0. The molecule has 0 spiro atoms. The Labute approximate surface area is 141 Å². The number of para-hydroxylation sites is 1. The molecular weight excluding hydrogens is 300 g/mol. The van der Waals surface area contributed by atoms with Gasteiger partial charge in [-0.05, 0) is 25.5 Å². The van der Waals surface area contributed by atoms with E-state index in [2.05, 4.69) is 0 Å². The van der Waals surface area contributed by atoms with E-state index in [1.165, 1.54) is 0 Å². The number of hydrogen-bond acceptors (Lipinski definition) is 1. The highest BCUT2D eigenvalue weighted by atomic mass is 16.4. The maximum Gasteiger partial charge on any atom is 0.404 e. The summed E-state index contributed by atoms with van der Waals surface area (Å²) in [7, 11) is 0. The molecule has 1 heterocycles. The van der Waals surface area contributed by atoms with Crippen LogP contribution in [0.2, 0.25) is 0 Å². The van der Waals surface area contributed by atoms with Crippen molar-refractivity contribution in [2.24, 2.45) is 0 Å². The molecule has 3 aromatic rings. The SMILES string of the molecule is CCc1c(-c2ccccc2)n(-c2ccccc2)[n+](CC)c1C(=O)O. The second-order valence-corrected chi connectivity index (χ2v) is 5.56. The van der Waals surface area contributed by atoms with E-state index in [1.807, 2.05) is 83.9 Å². The first kappa shape index (κ1) is 16.0. The predicted molar refractivity (Wildman–Crippen MR) is 93.4 cm³/mol. The van der Waals surface area contributed by atoms with Crippen molar-refractivity contribution in [1.29, 1.82) is 0 Å². The summed E-state index contributed by atoms with van der Waals surface area (Å²) in [6, 6.07) is 19.9. The van der Waals surface area contributed by atoms with Crippen LogP contribution in [0.1, 0.15) is 29.9 Å². The third-order valence-corrected chi connectivity index (χ3v) is 4.19. The molecule has 1 N–H and O–H groups in total. The molecule has 0 aliphatic carbocycles. The first-order chi connectivity index (χ1) is 11.7. The van der Waals surface area contributed by atoms with Crippen molar-refractivity contribution >= 4 is 5.97 Å². The van der Waals surface area contributed by atoms with Gasteiger partial charge in [-0.25, -0.2) is 4.79 Å². The van der Waals surface area contributed by atoms with E-state index >= 15 is 0 Å². The fourth-order valence-electron chi connectivity index (χ4n) is 3.22. The van der Waals surface area contributed by atoms with E-state index in [9.17, 15) is 9.90 Å². The number of carboxylic acid groups (broad SMARTS) is 1. The molecule has 0 bridgehead atoms. The Kier molecular flexibility index (Phi) is 4.47. The second kappa shape index (κ2) is 6.71. The van der Waals surface area contributed by atoms with Gasteiger partial charge in [0, 0.05) is 5.56 Å². The van der Waals surface area contributed by atoms with Crippen LogP contribution in [0.3, 0.4) is 0 Å². The largest absolute Gasteiger partial charge is 0.473 e. The van der Waals surface area contributed by atoms with Crippen molar-refractivity contribution in [3.8, 4) is 16.9 Å². The van der Waals surface area contributed by atoms with Gasteiger partial charge in [0.2, 0.25) is 0 Å². The smallest absolute Gasteiger partial charge is 0.404 e. The van der Waals surface area contributed by atoms with Crippen LogP contribution in [0, 0.1) is 0 Å². The molecule has 4 heteroatoms. The molecule has 2 aromatic carbocycles. The lowest BCUT2D eigenvalue weighted by Crippen LogP contribution is -2.46. The Morgan fingerprint density at radius 2 is 1.58 bits per heavy atom. The van der Waals surface area contributed by atoms with Gasteiger partial charge in [-0.3, -0.25) is 0 Å². The van der Waals surface area contributed by atoms with Gasteiger partial charge in [0.15, 0.2) is 6.54 Å². The summed E-state index contributed by atoms with van der Waals surface area (Å²) >= 11 is 0. The number of aromatic nitrogens is 2. The standard InChI is InChI=1S/C20H20N2O2/c1-3-17-18(15-11-7-5-8-12-15)22(16-13-9-6-10-14-16)21(4-2)19(17)20(23)24/h5-14H,3-4H2,1-2H3/p+1. The van der Waals surface area contributed by atoms with E-state index in [0.717, 1.165) is 22.5 Å². The third kappa shape index (κ3) is 2.60. The first-order valence-corrected chi connectivity index (χ1v) is 8.20. The lowest BCUT2D eigenvalue weighted by molar-refractivity contribution is -0.765. The van der Waals surface area contributed by atoms with Crippen molar-refractivity contribution in [2.75, 3.05) is 0 Å². The molecule has 122 valence electrons. The Bertz CT molecular complexity index is 787. The average Bonchev–Trinajstić information content (AvgIpc) is 2.97. The van der Waals surface area contributed by atoms with Gasteiger partial charge < -0.3 is 5.11 Å². The minimum absolute atomic E-state index is 0.364. The van der Waals surface area contributed by atoms with Crippen LogP contribution in [0.4, 0.5) is 0 Å². The topological polar surface area (TPSA) is 46.1 Å². The number of carbonyl (C=O) groups is 1. The number of benzene rings is 2. The zero-order chi connectivity index (χ0) is 17.1. The van der Waals surface area contributed by atoms with E-state index < -0.39 is 5.97 Å². The van der Waals surface area contributed by atoms with Crippen molar-refractivity contribution in [3.63, 3.8) is 0 Å². The Morgan fingerprint density at radius 3 is 2.08 bits per heavy atom. The summed E-state index contributed by atoms with van der Waals surface area (Å²) in [5.74, 6) is -0.888. The summed E-state index contributed by atoms with van der Waals surface area (Å²) in [5.41, 5.74) is 4.15. The summed E-state index contributed by atoms with van der Waals surface area (Å²) in [6.07, 6.45) is 0.658. The minimum atomic E-state index is -0.888. The zero-order valence-electron chi connectivity index (χ0n) is 13.9. The Balaban J connectivity index is 2.43. The van der Waals surface area contributed by atoms with Gasteiger partial charge in [0.05, 0.1) is 5.56 Å². The van der Waals surface area contributed by atoms with E-state index in [0.29, 0.717) is 18.7 Å². The molecule has 0 atom stereocenters. The summed E-state index contributed by atoms with van der Waals surface area (Å²) in [4.78, 5) is 12.0. The molecule has 0 radical (unpaired) electrons. The van der Waals surface area contributed by atoms with Crippen molar-refractivity contribution in [3.05, 3.63) is 71.9 Å². The van der Waals surface area contributed by atoms with Crippen LogP contribution in [-0.2, 0) is 13.0 Å². The Hall–Kier alpha value is -2.88. The zero-order valence-corrected chi connectivity index (χ0v) is 13.9. The van der Waals surface area contributed by atoms with Crippen LogP contribution < -0.4 is 4.68 Å². The van der Waals surface area contributed by atoms with E-state index in [4.69, 9.17) is 0 Å². The molecule has 4 nitrogen and oxygen atoms in total. The summed E-state index contributed by atoms with van der Waals surface area (Å²) in [5, 5.41) is 9.81. The molecule has 0 amide bonds. The summed E-state index contributed by atoms with van der Waals surface area (Å²) in [6.45, 7) is 4.56. The highest BCUT2D eigenvalue weighted by Gasteiger charge is 2.34. The normalized spacial score (nSPS) is 10.8. The molecule has 0 aliphatic heterocycles. The lowest BCUT2D eigenvalue weighted by atomic mass is 10.0. The van der Waals surface area contributed by atoms with E-state index in [1.54, 1.807) is 0 Å². The highest BCUT2D eigenvalue weighted by Crippen LogP contribution is 2.29. The van der Waals surface area contributed by atoms with Crippen LogP contribution in [0.15, 0.2) is 60.7 Å². The lowest BCUT2D eigenvalue weighted by Gasteiger charge is -2.07. The van der Waals surface area contributed by atoms with Gasteiger partial charge in [0.25, 0.3) is 0 Å². The number of rotatable bonds is 5.